The highest BCUT2D eigenvalue weighted by Crippen LogP contribution is 2.27. The summed E-state index contributed by atoms with van der Waals surface area (Å²) in [6.45, 7) is 5.28. The fraction of sp³-hybridized carbons (Fsp3) is 0.533. The monoisotopic (exact) mass is 310 g/mol. The standard InChI is InChI=1S/C15H19FN2O4/c1-15(2,3)22-14(19)17-9-12(16)13(17)8-10-4-6-11(7-5-10)18(20)21/h4-7,12-13H,8-9H2,1-3H3. The van der Waals surface area contributed by atoms with Crippen LogP contribution in [-0.2, 0) is 11.2 Å². The minimum atomic E-state index is -1.11. The zero-order valence-electron chi connectivity index (χ0n) is 12.8. The summed E-state index contributed by atoms with van der Waals surface area (Å²) in [6.07, 6.45) is -1.34. The number of carbonyl (C=O) groups excluding carboxylic acids is 1. The van der Waals surface area contributed by atoms with Crippen LogP contribution in [0.5, 0.6) is 0 Å². The van der Waals surface area contributed by atoms with E-state index in [0.29, 0.717) is 6.42 Å². The Kier molecular flexibility index (Phi) is 4.35. The molecule has 22 heavy (non-hydrogen) atoms. The molecule has 1 aliphatic heterocycles. The van der Waals surface area contributed by atoms with Crippen LogP contribution in [0.3, 0.4) is 0 Å². The Labute approximate surface area is 128 Å². The van der Waals surface area contributed by atoms with Crippen molar-refractivity contribution in [2.75, 3.05) is 6.54 Å². The number of benzene rings is 1. The number of hydrogen-bond acceptors (Lipinski definition) is 4. The van der Waals surface area contributed by atoms with E-state index in [2.05, 4.69) is 0 Å². The minimum Gasteiger partial charge on any atom is -0.444 e. The lowest BCUT2D eigenvalue weighted by atomic mass is 9.94. The maximum atomic E-state index is 13.8. The molecule has 1 aliphatic rings. The van der Waals surface area contributed by atoms with Crippen LogP contribution in [0.25, 0.3) is 0 Å². The lowest BCUT2D eigenvalue weighted by molar-refractivity contribution is -0.384. The van der Waals surface area contributed by atoms with Crippen LogP contribution >= 0.6 is 0 Å². The third-order valence-corrected chi connectivity index (χ3v) is 3.41. The predicted octanol–water partition coefficient (Wildman–Crippen LogP) is 3.09. The average Bonchev–Trinajstić information content (AvgIpc) is 2.40. The number of ether oxygens (including phenoxy) is 1. The summed E-state index contributed by atoms with van der Waals surface area (Å²) in [7, 11) is 0. The zero-order valence-corrected chi connectivity index (χ0v) is 12.8. The Balaban J connectivity index is 2.01. The van der Waals surface area contributed by atoms with Crippen molar-refractivity contribution in [1.29, 1.82) is 0 Å². The van der Waals surface area contributed by atoms with Gasteiger partial charge >= 0.3 is 6.09 Å². The van der Waals surface area contributed by atoms with E-state index in [1.807, 2.05) is 0 Å². The fourth-order valence-corrected chi connectivity index (χ4v) is 2.27. The van der Waals surface area contributed by atoms with Crippen molar-refractivity contribution < 1.29 is 18.8 Å². The van der Waals surface area contributed by atoms with E-state index in [0.717, 1.165) is 5.56 Å². The van der Waals surface area contributed by atoms with Gasteiger partial charge in [0.25, 0.3) is 5.69 Å². The topological polar surface area (TPSA) is 72.7 Å². The summed E-state index contributed by atoms with van der Waals surface area (Å²) in [4.78, 5) is 23.5. The van der Waals surface area contributed by atoms with Crippen molar-refractivity contribution in [3.8, 4) is 0 Å². The highest BCUT2D eigenvalue weighted by atomic mass is 19.1. The predicted molar refractivity (Wildman–Crippen MR) is 78.4 cm³/mol. The normalized spacial score (nSPS) is 21.2. The fourth-order valence-electron chi connectivity index (χ4n) is 2.27. The molecule has 1 fully saturated rings. The Morgan fingerprint density at radius 1 is 1.41 bits per heavy atom. The third-order valence-electron chi connectivity index (χ3n) is 3.41. The minimum absolute atomic E-state index is 0.0156. The van der Waals surface area contributed by atoms with Gasteiger partial charge in [-0.1, -0.05) is 12.1 Å². The number of alkyl halides is 1. The second-order valence-corrected chi connectivity index (χ2v) is 6.34. The number of amides is 1. The molecule has 1 amide bonds. The van der Waals surface area contributed by atoms with Gasteiger partial charge in [0.2, 0.25) is 0 Å². The molecule has 1 aromatic rings. The molecular formula is C15H19FN2O4. The molecule has 0 aromatic heterocycles. The van der Waals surface area contributed by atoms with Crippen LogP contribution in [0.15, 0.2) is 24.3 Å². The lowest BCUT2D eigenvalue weighted by Gasteiger charge is -2.44. The SMILES string of the molecule is CC(C)(C)OC(=O)N1CC(F)C1Cc1ccc([N+](=O)[O-])cc1. The summed E-state index contributed by atoms with van der Waals surface area (Å²) >= 11 is 0. The Morgan fingerprint density at radius 2 is 2.00 bits per heavy atom. The molecule has 1 heterocycles. The molecule has 2 rings (SSSR count). The van der Waals surface area contributed by atoms with Crippen molar-refractivity contribution in [3.05, 3.63) is 39.9 Å². The molecule has 1 aromatic carbocycles. The van der Waals surface area contributed by atoms with Crippen LogP contribution in [0.2, 0.25) is 0 Å². The average molecular weight is 310 g/mol. The van der Waals surface area contributed by atoms with Crippen molar-refractivity contribution in [3.63, 3.8) is 0 Å². The van der Waals surface area contributed by atoms with Gasteiger partial charge in [0, 0.05) is 12.1 Å². The quantitative estimate of drug-likeness (QED) is 0.635. The van der Waals surface area contributed by atoms with Crippen molar-refractivity contribution in [2.45, 2.75) is 45.0 Å². The number of carbonyl (C=O) groups is 1. The summed E-state index contributed by atoms with van der Waals surface area (Å²) in [5, 5.41) is 10.6. The first-order valence-corrected chi connectivity index (χ1v) is 7.04. The Morgan fingerprint density at radius 3 is 2.45 bits per heavy atom. The molecule has 2 unspecified atom stereocenters. The van der Waals surface area contributed by atoms with E-state index in [-0.39, 0.29) is 12.2 Å². The molecule has 1 saturated heterocycles. The summed E-state index contributed by atoms with van der Waals surface area (Å²) < 4.78 is 19.0. The first-order chi connectivity index (χ1) is 10.2. The van der Waals surface area contributed by atoms with Gasteiger partial charge in [0.05, 0.1) is 17.5 Å². The van der Waals surface area contributed by atoms with Gasteiger partial charge in [-0.25, -0.2) is 9.18 Å². The van der Waals surface area contributed by atoms with Gasteiger partial charge in [-0.3, -0.25) is 15.0 Å². The molecule has 7 heteroatoms. The number of hydrogen-bond donors (Lipinski definition) is 0. The number of halogens is 1. The number of likely N-dealkylation sites (tertiary alicyclic amines) is 1. The highest BCUT2D eigenvalue weighted by Gasteiger charge is 2.44. The van der Waals surface area contributed by atoms with E-state index in [9.17, 15) is 19.3 Å². The Bertz CT molecular complexity index is 568. The molecule has 0 bridgehead atoms. The van der Waals surface area contributed by atoms with E-state index in [1.54, 1.807) is 32.9 Å². The number of nitro groups is 1. The molecular weight excluding hydrogens is 291 g/mol. The first kappa shape index (κ1) is 16.2. The van der Waals surface area contributed by atoms with Gasteiger partial charge in [0.15, 0.2) is 0 Å². The van der Waals surface area contributed by atoms with Gasteiger partial charge in [-0.05, 0) is 32.8 Å². The molecule has 0 aliphatic carbocycles. The van der Waals surface area contributed by atoms with E-state index in [1.165, 1.54) is 17.0 Å². The lowest BCUT2D eigenvalue weighted by Crippen LogP contribution is -2.62. The maximum Gasteiger partial charge on any atom is 0.410 e. The van der Waals surface area contributed by atoms with Crippen molar-refractivity contribution in [2.24, 2.45) is 0 Å². The Hall–Kier alpha value is -2.18. The van der Waals surface area contributed by atoms with E-state index in [4.69, 9.17) is 4.74 Å². The summed E-state index contributed by atoms with van der Waals surface area (Å²) in [5.41, 5.74) is 0.0980. The van der Waals surface area contributed by atoms with Crippen molar-refractivity contribution in [1.82, 2.24) is 4.90 Å². The van der Waals surface area contributed by atoms with Crippen molar-refractivity contribution >= 4 is 11.8 Å². The maximum absolute atomic E-state index is 13.8. The van der Waals surface area contributed by atoms with E-state index < -0.39 is 28.8 Å². The largest absolute Gasteiger partial charge is 0.444 e. The van der Waals surface area contributed by atoms with Gasteiger partial charge < -0.3 is 4.74 Å². The molecule has 0 radical (unpaired) electrons. The smallest absolute Gasteiger partial charge is 0.410 e. The second-order valence-electron chi connectivity index (χ2n) is 6.34. The van der Waals surface area contributed by atoms with Crippen LogP contribution in [0.4, 0.5) is 14.9 Å². The van der Waals surface area contributed by atoms with Gasteiger partial charge in [-0.2, -0.15) is 0 Å². The summed E-state index contributed by atoms with van der Waals surface area (Å²) in [5.74, 6) is 0. The third kappa shape index (κ3) is 3.72. The first-order valence-electron chi connectivity index (χ1n) is 7.04. The second kappa shape index (κ2) is 5.90. The number of rotatable bonds is 3. The van der Waals surface area contributed by atoms with Crippen LogP contribution < -0.4 is 0 Å². The molecule has 6 nitrogen and oxygen atoms in total. The molecule has 0 saturated carbocycles. The van der Waals surface area contributed by atoms with Crippen LogP contribution in [0.1, 0.15) is 26.3 Å². The van der Waals surface area contributed by atoms with Gasteiger partial charge in [0.1, 0.15) is 11.8 Å². The molecule has 120 valence electrons. The molecule has 2 atom stereocenters. The number of nitrogens with zero attached hydrogens (tertiary/aromatic N) is 2. The summed E-state index contributed by atoms with van der Waals surface area (Å²) in [6, 6.07) is 5.32. The van der Waals surface area contributed by atoms with Crippen LogP contribution in [0, 0.1) is 10.1 Å². The molecule has 0 N–H and O–H groups in total. The van der Waals surface area contributed by atoms with Crippen LogP contribution in [-0.4, -0.2) is 40.3 Å². The molecule has 0 spiro atoms. The van der Waals surface area contributed by atoms with Gasteiger partial charge in [-0.15, -0.1) is 0 Å². The highest BCUT2D eigenvalue weighted by molar-refractivity contribution is 5.70. The number of non-ortho nitro benzene ring substituents is 1. The van der Waals surface area contributed by atoms with E-state index >= 15 is 0 Å². The zero-order chi connectivity index (χ0) is 16.5. The number of nitro benzene ring substituents is 1.